The molecule has 6 nitrogen and oxygen atoms in total. The first-order valence-electron chi connectivity index (χ1n) is 9.77. The Hall–Kier alpha value is -3.28. The fourth-order valence-electron chi connectivity index (χ4n) is 3.27. The summed E-state index contributed by atoms with van der Waals surface area (Å²) in [5, 5.41) is 6.96. The number of fused-ring (bicyclic) bond motifs is 1. The summed E-state index contributed by atoms with van der Waals surface area (Å²) in [6.07, 6.45) is 2.69. The maximum atomic E-state index is 12.7. The second-order valence-electron chi connectivity index (χ2n) is 7.32. The van der Waals surface area contributed by atoms with Crippen LogP contribution in [0.15, 0.2) is 54.7 Å². The highest BCUT2D eigenvalue weighted by molar-refractivity contribution is 5.97. The first-order chi connectivity index (χ1) is 14.0. The normalized spacial score (nSPS) is 12.0. The van der Waals surface area contributed by atoms with Crippen LogP contribution in [0.2, 0.25) is 0 Å². The molecule has 1 atom stereocenters. The van der Waals surface area contributed by atoms with Crippen LogP contribution in [0.4, 0.5) is 0 Å². The SMILES string of the molecule is COc1ccc(C(=O)NC(C(=O)NCCc2c[nH]c3ccccc23)C(C)C)cc1. The van der Waals surface area contributed by atoms with Crippen molar-refractivity contribution >= 4 is 22.7 Å². The Morgan fingerprint density at radius 1 is 1.07 bits per heavy atom. The number of hydrogen-bond acceptors (Lipinski definition) is 3. The zero-order valence-corrected chi connectivity index (χ0v) is 17.0. The van der Waals surface area contributed by atoms with Crippen LogP contribution in [0.5, 0.6) is 5.75 Å². The van der Waals surface area contributed by atoms with Gasteiger partial charge in [-0.3, -0.25) is 9.59 Å². The van der Waals surface area contributed by atoms with Crippen molar-refractivity contribution in [2.45, 2.75) is 26.3 Å². The van der Waals surface area contributed by atoms with Gasteiger partial charge in [0.05, 0.1) is 7.11 Å². The van der Waals surface area contributed by atoms with Gasteiger partial charge in [0.25, 0.3) is 5.91 Å². The van der Waals surface area contributed by atoms with Gasteiger partial charge in [-0.2, -0.15) is 0 Å². The Labute approximate surface area is 170 Å². The van der Waals surface area contributed by atoms with Crippen molar-refractivity contribution in [1.29, 1.82) is 0 Å². The predicted molar refractivity (Wildman–Crippen MR) is 114 cm³/mol. The molecule has 0 saturated carbocycles. The Bertz CT molecular complexity index is 976. The Balaban J connectivity index is 1.58. The Morgan fingerprint density at radius 2 is 1.79 bits per heavy atom. The molecule has 2 aromatic carbocycles. The summed E-state index contributed by atoms with van der Waals surface area (Å²) in [6.45, 7) is 4.33. The number of benzene rings is 2. The highest BCUT2D eigenvalue weighted by Crippen LogP contribution is 2.18. The number of rotatable bonds is 8. The van der Waals surface area contributed by atoms with Crippen LogP contribution in [0.1, 0.15) is 29.8 Å². The number of hydrogen-bond donors (Lipinski definition) is 3. The molecule has 1 unspecified atom stereocenters. The van der Waals surface area contributed by atoms with E-state index in [1.54, 1.807) is 31.4 Å². The van der Waals surface area contributed by atoms with Crippen LogP contribution in [0.25, 0.3) is 10.9 Å². The van der Waals surface area contributed by atoms with Gasteiger partial charge in [-0.15, -0.1) is 0 Å². The lowest BCUT2D eigenvalue weighted by atomic mass is 10.0. The molecule has 0 radical (unpaired) electrons. The highest BCUT2D eigenvalue weighted by atomic mass is 16.5. The summed E-state index contributed by atoms with van der Waals surface area (Å²) in [4.78, 5) is 28.5. The van der Waals surface area contributed by atoms with E-state index in [2.05, 4.69) is 21.7 Å². The molecule has 3 N–H and O–H groups in total. The quantitative estimate of drug-likeness (QED) is 0.549. The lowest BCUT2D eigenvalue weighted by Crippen LogP contribution is -2.50. The fourth-order valence-corrected chi connectivity index (χ4v) is 3.27. The van der Waals surface area contributed by atoms with Gasteiger partial charge in [0.1, 0.15) is 11.8 Å². The van der Waals surface area contributed by atoms with Crippen molar-refractivity contribution < 1.29 is 14.3 Å². The monoisotopic (exact) mass is 393 g/mol. The predicted octanol–water partition coefficient (Wildman–Crippen LogP) is 3.29. The van der Waals surface area contributed by atoms with Gasteiger partial charge in [-0.1, -0.05) is 32.0 Å². The zero-order valence-electron chi connectivity index (χ0n) is 17.0. The zero-order chi connectivity index (χ0) is 20.8. The Kier molecular flexibility index (Phi) is 6.54. The molecule has 0 aliphatic carbocycles. The molecule has 3 rings (SSSR count). The maximum Gasteiger partial charge on any atom is 0.251 e. The molecule has 0 fully saturated rings. The molecule has 152 valence electrons. The molecule has 1 aromatic heterocycles. The molecule has 2 amide bonds. The van der Waals surface area contributed by atoms with Crippen LogP contribution in [-0.2, 0) is 11.2 Å². The van der Waals surface area contributed by atoms with E-state index >= 15 is 0 Å². The summed E-state index contributed by atoms with van der Waals surface area (Å²) >= 11 is 0. The first-order valence-corrected chi connectivity index (χ1v) is 9.77. The van der Waals surface area contributed by atoms with Gasteiger partial charge in [0, 0.05) is 29.2 Å². The maximum absolute atomic E-state index is 12.7. The number of amides is 2. The summed E-state index contributed by atoms with van der Waals surface area (Å²) in [6, 6.07) is 14.3. The van der Waals surface area contributed by atoms with E-state index in [0.29, 0.717) is 24.3 Å². The van der Waals surface area contributed by atoms with E-state index in [9.17, 15) is 9.59 Å². The molecular weight excluding hydrogens is 366 g/mol. The minimum atomic E-state index is -0.604. The average molecular weight is 393 g/mol. The molecule has 1 heterocycles. The molecule has 0 aliphatic rings. The molecule has 29 heavy (non-hydrogen) atoms. The van der Waals surface area contributed by atoms with Gasteiger partial charge in [-0.05, 0) is 48.2 Å². The molecule has 3 aromatic rings. The average Bonchev–Trinajstić information content (AvgIpc) is 3.14. The minimum absolute atomic E-state index is 0.0368. The third kappa shape index (κ3) is 4.96. The fraction of sp³-hybridized carbons (Fsp3) is 0.304. The van der Waals surface area contributed by atoms with Crippen molar-refractivity contribution in [3.8, 4) is 5.75 Å². The third-order valence-electron chi connectivity index (χ3n) is 4.96. The van der Waals surface area contributed by atoms with Gasteiger partial charge in [0.2, 0.25) is 5.91 Å². The van der Waals surface area contributed by atoms with Crippen LogP contribution >= 0.6 is 0 Å². The number of para-hydroxylation sites is 1. The van der Waals surface area contributed by atoms with Gasteiger partial charge >= 0.3 is 0 Å². The number of nitrogens with one attached hydrogen (secondary N) is 3. The molecular formula is C23H27N3O3. The molecule has 0 bridgehead atoms. The van der Waals surface area contributed by atoms with E-state index in [-0.39, 0.29) is 17.7 Å². The molecule has 0 spiro atoms. The van der Waals surface area contributed by atoms with Crippen molar-refractivity contribution in [1.82, 2.24) is 15.6 Å². The van der Waals surface area contributed by atoms with Crippen LogP contribution < -0.4 is 15.4 Å². The number of methoxy groups -OCH3 is 1. The van der Waals surface area contributed by atoms with Crippen LogP contribution in [0.3, 0.4) is 0 Å². The summed E-state index contributed by atoms with van der Waals surface area (Å²) in [5.41, 5.74) is 2.73. The van der Waals surface area contributed by atoms with Crippen molar-refractivity contribution in [2.75, 3.05) is 13.7 Å². The van der Waals surface area contributed by atoms with Crippen molar-refractivity contribution in [2.24, 2.45) is 5.92 Å². The van der Waals surface area contributed by atoms with Gasteiger partial charge < -0.3 is 20.4 Å². The van der Waals surface area contributed by atoms with Crippen molar-refractivity contribution in [3.63, 3.8) is 0 Å². The second kappa shape index (κ2) is 9.28. The first kappa shape index (κ1) is 20.5. The van der Waals surface area contributed by atoms with E-state index in [0.717, 1.165) is 16.5 Å². The number of carbonyl (C=O) groups is 2. The van der Waals surface area contributed by atoms with Crippen LogP contribution in [-0.4, -0.2) is 36.5 Å². The molecule has 0 aliphatic heterocycles. The Morgan fingerprint density at radius 3 is 2.48 bits per heavy atom. The number of ether oxygens (including phenoxy) is 1. The largest absolute Gasteiger partial charge is 0.497 e. The molecule has 0 saturated heterocycles. The third-order valence-corrected chi connectivity index (χ3v) is 4.96. The summed E-state index contributed by atoms with van der Waals surface area (Å²) in [5.74, 6) is 0.183. The second-order valence-corrected chi connectivity index (χ2v) is 7.32. The highest BCUT2D eigenvalue weighted by Gasteiger charge is 2.24. The van der Waals surface area contributed by atoms with Crippen LogP contribution in [0, 0.1) is 5.92 Å². The van der Waals surface area contributed by atoms with Gasteiger partial charge in [0.15, 0.2) is 0 Å². The van der Waals surface area contributed by atoms with E-state index in [1.165, 1.54) is 0 Å². The van der Waals surface area contributed by atoms with E-state index < -0.39 is 6.04 Å². The van der Waals surface area contributed by atoms with Crippen molar-refractivity contribution in [3.05, 3.63) is 65.9 Å². The molecule has 6 heteroatoms. The number of aromatic amines is 1. The standard InChI is InChI=1S/C23H27N3O3/c1-15(2)21(26-22(27)16-8-10-18(29-3)11-9-16)23(28)24-13-12-17-14-25-20-7-5-4-6-19(17)20/h4-11,14-15,21,25H,12-13H2,1-3H3,(H,24,28)(H,26,27). The van der Waals surface area contributed by atoms with E-state index in [4.69, 9.17) is 4.74 Å². The lowest BCUT2D eigenvalue weighted by Gasteiger charge is -2.22. The number of H-pyrrole nitrogens is 1. The summed E-state index contributed by atoms with van der Waals surface area (Å²) < 4.78 is 5.11. The minimum Gasteiger partial charge on any atom is -0.497 e. The lowest BCUT2D eigenvalue weighted by molar-refractivity contribution is -0.123. The topological polar surface area (TPSA) is 83.2 Å². The number of carbonyl (C=O) groups excluding carboxylic acids is 2. The number of aromatic nitrogens is 1. The summed E-state index contributed by atoms with van der Waals surface area (Å²) in [7, 11) is 1.57. The smallest absolute Gasteiger partial charge is 0.251 e. The van der Waals surface area contributed by atoms with Gasteiger partial charge in [-0.25, -0.2) is 0 Å². The van der Waals surface area contributed by atoms with E-state index in [1.807, 2.05) is 38.2 Å².